The fourth-order valence-corrected chi connectivity index (χ4v) is 4.64. The largest absolute Gasteiger partial charge is 0.481 e. The van der Waals surface area contributed by atoms with Crippen molar-refractivity contribution in [2.45, 2.75) is 69.4 Å². The minimum Gasteiger partial charge on any atom is -0.481 e. The highest BCUT2D eigenvalue weighted by molar-refractivity contribution is 5.81. The number of amides is 1. The van der Waals surface area contributed by atoms with Gasteiger partial charge in [0.25, 0.3) is 0 Å². The number of carbonyl (C=O) groups is 3. The van der Waals surface area contributed by atoms with Crippen LogP contribution < -0.4 is 5.32 Å². The molecule has 0 bridgehead atoms. The van der Waals surface area contributed by atoms with Crippen LogP contribution in [0.2, 0.25) is 0 Å². The standard InChI is InChI=1S/C30H39NO11/c1-18(29(39)40-13-14-41-30-28(38)27(37)26(36)23(17-32)42-30)15-22(31-24(33)11-12-25(34)35)16-19-7-9-21(10-8-19)20-5-3-2-4-6-20/h2-10,18,22-23,26-28,30,32,36-38H,11-17H2,1H3,(H,31,33)(H,34,35)/t18-,22+,23-,26-,27+,28-,30-/m1/s1. The Balaban J connectivity index is 1.54. The predicted molar refractivity (Wildman–Crippen MR) is 149 cm³/mol. The lowest BCUT2D eigenvalue weighted by Crippen LogP contribution is -2.59. The van der Waals surface area contributed by atoms with E-state index in [9.17, 15) is 34.8 Å². The topological polar surface area (TPSA) is 192 Å². The van der Waals surface area contributed by atoms with E-state index in [2.05, 4.69) is 5.32 Å². The smallest absolute Gasteiger partial charge is 0.308 e. The van der Waals surface area contributed by atoms with Crippen molar-refractivity contribution in [2.24, 2.45) is 5.92 Å². The fraction of sp³-hybridized carbons (Fsp3) is 0.500. The number of hydrogen-bond acceptors (Lipinski definition) is 10. The Hall–Kier alpha value is -3.39. The van der Waals surface area contributed by atoms with Crippen molar-refractivity contribution in [3.05, 3.63) is 60.2 Å². The molecule has 0 aliphatic carbocycles. The number of rotatable bonds is 15. The minimum atomic E-state index is -1.58. The molecule has 0 unspecified atom stereocenters. The van der Waals surface area contributed by atoms with Crippen molar-refractivity contribution in [3.63, 3.8) is 0 Å². The number of nitrogens with one attached hydrogen (secondary N) is 1. The average molecular weight is 590 g/mol. The molecular formula is C30H39NO11. The molecule has 0 aromatic heterocycles. The summed E-state index contributed by atoms with van der Waals surface area (Å²) in [5, 5.41) is 50.7. The highest BCUT2D eigenvalue weighted by atomic mass is 16.7. The SMILES string of the molecule is C[C@H](C[C@@H](Cc1ccc(-c2ccccc2)cc1)NC(=O)CCC(=O)O)C(=O)OCCO[C@@H]1O[C@H](CO)[C@@H](O)[C@H](O)[C@H]1O. The maximum atomic E-state index is 12.7. The molecule has 42 heavy (non-hydrogen) atoms. The zero-order valence-corrected chi connectivity index (χ0v) is 23.4. The van der Waals surface area contributed by atoms with Crippen LogP contribution in [0.1, 0.15) is 31.7 Å². The van der Waals surface area contributed by atoms with Gasteiger partial charge in [-0.2, -0.15) is 0 Å². The first kappa shape index (κ1) is 33.1. The van der Waals surface area contributed by atoms with Gasteiger partial charge in [0.05, 0.1) is 25.6 Å². The normalized spacial score (nSPS) is 23.5. The van der Waals surface area contributed by atoms with Gasteiger partial charge in [0.1, 0.15) is 31.0 Å². The highest BCUT2D eigenvalue weighted by Gasteiger charge is 2.44. The molecule has 3 rings (SSSR count). The first-order chi connectivity index (χ1) is 20.1. The van der Waals surface area contributed by atoms with Gasteiger partial charge >= 0.3 is 11.9 Å². The molecule has 12 nitrogen and oxygen atoms in total. The van der Waals surface area contributed by atoms with E-state index in [-0.39, 0.29) is 32.5 Å². The summed E-state index contributed by atoms with van der Waals surface area (Å²) < 4.78 is 15.9. The van der Waals surface area contributed by atoms with Gasteiger partial charge in [-0.1, -0.05) is 61.5 Å². The van der Waals surface area contributed by atoms with Gasteiger partial charge in [-0.05, 0) is 29.5 Å². The molecule has 12 heteroatoms. The fourth-order valence-electron chi connectivity index (χ4n) is 4.64. The quantitative estimate of drug-likeness (QED) is 0.126. The molecule has 1 heterocycles. The van der Waals surface area contributed by atoms with Crippen LogP contribution in [-0.4, -0.2) is 99.9 Å². The first-order valence-corrected chi connectivity index (χ1v) is 13.8. The van der Waals surface area contributed by atoms with Crippen LogP contribution in [0.4, 0.5) is 0 Å². The summed E-state index contributed by atoms with van der Waals surface area (Å²) >= 11 is 0. The summed E-state index contributed by atoms with van der Waals surface area (Å²) in [5.41, 5.74) is 3.02. The van der Waals surface area contributed by atoms with Crippen molar-refractivity contribution < 1.29 is 54.1 Å². The molecule has 1 aliphatic rings. The van der Waals surface area contributed by atoms with E-state index >= 15 is 0 Å². The summed E-state index contributed by atoms with van der Waals surface area (Å²) in [6.07, 6.45) is -6.97. The summed E-state index contributed by atoms with van der Waals surface area (Å²) in [4.78, 5) is 36.0. The van der Waals surface area contributed by atoms with Crippen LogP contribution in [0.5, 0.6) is 0 Å². The molecule has 0 spiro atoms. The van der Waals surface area contributed by atoms with Gasteiger partial charge < -0.3 is 45.1 Å². The molecule has 0 radical (unpaired) electrons. The van der Waals surface area contributed by atoms with E-state index in [1.54, 1.807) is 6.92 Å². The third kappa shape index (κ3) is 9.86. The van der Waals surface area contributed by atoms with Crippen molar-refractivity contribution in [2.75, 3.05) is 19.8 Å². The Kier molecular flexibility index (Phi) is 12.9. The molecule has 0 saturated carbocycles. The molecule has 1 amide bonds. The number of carbonyl (C=O) groups excluding carboxylic acids is 2. The van der Waals surface area contributed by atoms with E-state index in [4.69, 9.17) is 19.3 Å². The van der Waals surface area contributed by atoms with Crippen LogP contribution in [-0.2, 0) is 35.0 Å². The summed E-state index contributed by atoms with van der Waals surface area (Å²) in [6.45, 7) is 0.664. The zero-order valence-electron chi connectivity index (χ0n) is 23.4. The highest BCUT2D eigenvalue weighted by Crippen LogP contribution is 2.23. The number of aliphatic hydroxyl groups excluding tert-OH is 4. The summed E-state index contributed by atoms with van der Waals surface area (Å²) in [6, 6.07) is 17.2. The van der Waals surface area contributed by atoms with Gasteiger partial charge in [0.15, 0.2) is 6.29 Å². The maximum Gasteiger partial charge on any atom is 0.308 e. The molecule has 1 fully saturated rings. The zero-order chi connectivity index (χ0) is 30.6. The monoisotopic (exact) mass is 589 g/mol. The molecular weight excluding hydrogens is 550 g/mol. The Morgan fingerprint density at radius 1 is 0.905 bits per heavy atom. The summed E-state index contributed by atoms with van der Waals surface area (Å²) in [7, 11) is 0. The van der Waals surface area contributed by atoms with Gasteiger partial charge in [-0.25, -0.2) is 0 Å². The Bertz CT molecular complexity index is 1140. The Morgan fingerprint density at radius 2 is 1.57 bits per heavy atom. The van der Waals surface area contributed by atoms with E-state index in [1.165, 1.54) is 0 Å². The molecule has 2 aromatic rings. The number of carboxylic acid groups (broad SMARTS) is 1. The Labute approximate surface area is 243 Å². The second kappa shape index (κ2) is 16.3. The van der Waals surface area contributed by atoms with Gasteiger partial charge in [0, 0.05) is 12.5 Å². The van der Waals surface area contributed by atoms with Crippen LogP contribution in [0, 0.1) is 5.92 Å². The van der Waals surface area contributed by atoms with Crippen molar-refractivity contribution in [1.29, 1.82) is 0 Å². The molecule has 6 N–H and O–H groups in total. The summed E-state index contributed by atoms with van der Waals surface area (Å²) in [5.74, 6) is -2.71. The van der Waals surface area contributed by atoms with E-state index in [0.717, 1.165) is 16.7 Å². The van der Waals surface area contributed by atoms with E-state index in [1.807, 2.05) is 54.6 Å². The number of aliphatic hydroxyl groups is 4. The lowest BCUT2D eigenvalue weighted by Gasteiger charge is -2.39. The maximum absolute atomic E-state index is 12.7. The first-order valence-electron chi connectivity index (χ1n) is 13.8. The van der Waals surface area contributed by atoms with Crippen LogP contribution >= 0.6 is 0 Å². The minimum absolute atomic E-state index is 0.188. The van der Waals surface area contributed by atoms with Crippen LogP contribution in [0.3, 0.4) is 0 Å². The van der Waals surface area contributed by atoms with Gasteiger partial charge in [-0.3, -0.25) is 14.4 Å². The van der Waals surface area contributed by atoms with Crippen LogP contribution in [0.25, 0.3) is 11.1 Å². The lowest BCUT2D eigenvalue weighted by atomic mass is 9.94. The predicted octanol–water partition coefficient (Wildman–Crippen LogP) is 0.632. The van der Waals surface area contributed by atoms with Crippen molar-refractivity contribution in [1.82, 2.24) is 5.32 Å². The van der Waals surface area contributed by atoms with E-state index in [0.29, 0.717) is 6.42 Å². The Morgan fingerprint density at radius 3 is 2.21 bits per heavy atom. The van der Waals surface area contributed by atoms with Gasteiger partial charge in [-0.15, -0.1) is 0 Å². The third-order valence-electron chi connectivity index (χ3n) is 6.97. The second-order valence-electron chi connectivity index (χ2n) is 10.3. The van der Waals surface area contributed by atoms with Crippen molar-refractivity contribution >= 4 is 17.8 Å². The van der Waals surface area contributed by atoms with Gasteiger partial charge in [0.2, 0.25) is 5.91 Å². The van der Waals surface area contributed by atoms with Crippen LogP contribution in [0.15, 0.2) is 54.6 Å². The number of esters is 1. The number of benzene rings is 2. The lowest BCUT2D eigenvalue weighted by molar-refractivity contribution is -0.302. The number of ether oxygens (including phenoxy) is 3. The molecule has 7 atom stereocenters. The third-order valence-corrected chi connectivity index (χ3v) is 6.97. The molecule has 2 aromatic carbocycles. The molecule has 1 aliphatic heterocycles. The van der Waals surface area contributed by atoms with E-state index < -0.39 is 67.1 Å². The molecule has 1 saturated heterocycles. The van der Waals surface area contributed by atoms with Crippen molar-refractivity contribution in [3.8, 4) is 11.1 Å². The number of carboxylic acids is 1. The number of aliphatic carboxylic acids is 1. The average Bonchev–Trinajstić information content (AvgIpc) is 2.98. The number of hydrogen-bond donors (Lipinski definition) is 6. The second-order valence-corrected chi connectivity index (χ2v) is 10.3. The molecule has 230 valence electrons.